The Hall–Kier alpha value is -1.62. The molecule has 2 heterocycles. The molecule has 1 aliphatic rings. The summed E-state index contributed by atoms with van der Waals surface area (Å²) >= 11 is 0. The Kier molecular flexibility index (Phi) is 4.60. The smallest absolute Gasteiger partial charge is 0.254 e. The van der Waals surface area contributed by atoms with Gasteiger partial charge in [0, 0.05) is 24.3 Å². The summed E-state index contributed by atoms with van der Waals surface area (Å²) in [6.07, 6.45) is 1.05. The van der Waals surface area contributed by atoms with Crippen molar-refractivity contribution in [2.45, 2.75) is 39.2 Å². The van der Waals surface area contributed by atoms with E-state index in [9.17, 15) is 4.79 Å². The summed E-state index contributed by atoms with van der Waals surface area (Å²) in [4.78, 5) is 18.7. The van der Waals surface area contributed by atoms with E-state index in [0.29, 0.717) is 31.1 Å². The van der Waals surface area contributed by atoms with Crippen LogP contribution < -0.4 is 5.73 Å². The molecule has 1 atom stereocenters. The fourth-order valence-electron chi connectivity index (χ4n) is 2.33. The largest absolute Gasteiger partial charge is 0.384 e. The van der Waals surface area contributed by atoms with E-state index < -0.39 is 0 Å². The van der Waals surface area contributed by atoms with Crippen LogP contribution in [-0.2, 0) is 4.74 Å². The number of amides is 1. The lowest BCUT2D eigenvalue weighted by Crippen LogP contribution is -2.45. The Labute approximate surface area is 120 Å². The van der Waals surface area contributed by atoms with Crippen molar-refractivity contribution >= 4 is 11.7 Å². The van der Waals surface area contributed by atoms with E-state index in [0.717, 1.165) is 12.1 Å². The van der Waals surface area contributed by atoms with Gasteiger partial charge in [0.25, 0.3) is 5.91 Å². The molecule has 5 nitrogen and oxygen atoms in total. The van der Waals surface area contributed by atoms with Crippen LogP contribution in [0.1, 0.15) is 49.2 Å². The molecule has 0 bridgehead atoms. The number of carbonyl (C=O) groups excluding carboxylic acids is 1. The molecule has 110 valence electrons. The number of hydrogen-bond donors (Lipinski definition) is 1. The van der Waals surface area contributed by atoms with Crippen LogP contribution in [0.4, 0.5) is 5.82 Å². The van der Waals surface area contributed by atoms with Crippen molar-refractivity contribution in [1.29, 1.82) is 0 Å². The second kappa shape index (κ2) is 6.22. The summed E-state index contributed by atoms with van der Waals surface area (Å²) in [5.74, 6) is 0.667. The van der Waals surface area contributed by atoms with Crippen LogP contribution in [0.3, 0.4) is 0 Å². The van der Waals surface area contributed by atoms with Gasteiger partial charge in [-0.1, -0.05) is 20.8 Å². The summed E-state index contributed by atoms with van der Waals surface area (Å²) < 4.78 is 5.60. The minimum absolute atomic E-state index is 0.0164. The molecule has 0 aliphatic carbocycles. The van der Waals surface area contributed by atoms with Crippen molar-refractivity contribution in [3.05, 3.63) is 23.4 Å². The molecule has 1 saturated heterocycles. The van der Waals surface area contributed by atoms with E-state index >= 15 is 0 Å². The molecule has 1 aliphatic heterocycles. The molecule has 20 heavy (non-hydrogen) atoms. The van der Waals surface area contributed by atoms with E-state index in [-0.39, 0.29) is 17.9 Å². The van der Waals surface area contributed by atoms with Crippen molar-refractivity contribution in [2.75, 3.05) is 25.4 Å². The van der Waals surface area contributed by atoms with Crippen LogP contribution >= 0.6 is 0 Å². The van der Waals surface area contributed by atoms with Gasteiger partial charge in [-0.25, -0.2) is 4.98 Å². The van der Waals surface area contributed by atoms with Crippen LogP contribution in [0, 0.1) is 0 Å². The SMILES string of the molecule is CCC1CN(C(=O)c2cc(N)nc(C(C)C)c2)CCO1. The Bertz CT molecular complexity index is 488. The lowest BCUT2D eigenvalue weighted by Gasteiger charge is -2.32. The maximum absolute atomic E-state index is 12.6. The molecule has 2 N–H and O–H groups in total. The van der Waals surface area contributed by atoms with Crippen LogP contribution in [0.25, 0.3) is 0 Å². The van der Waals surface area contributed by atoms with E-state index in [1.807, 2.05) is 24.8 Å². The zero-order chi connectivity index (χ0) is 14.7. The minimum atomic E-state index is 0.0164. The second-order valence-electron chi connectivity index (χ2n) is 5.51. The normalized spacial score (nSPS) is 19.4. The monoisotopic (exact) mass is 277 g/mol. The third-order valence-corrected chi connectivity index (χ3v) is 3.58. The molecular weight excluding hydrogens is 254 g/mol. The zero-order valence-electron chi connectivity index (χ0n) is 12.4. The Morgan fingerprint density at radius 1 is 1.55 bits per heavy atom. The molecule has 0 saturated carbocycles. The van der Waals surface area contributed by atoms with E-state index in [1.165, 1.54) is 0 Å². The third kappa shape index (κ3) is 3.28. The predicted molar refractivity (Wildman–Crippen MR) is 78.7 cm³/mol. The molecule has 0 radical (unpaired) electrons. The summed E-state index contributed by atoms with van der Waals surface area (Å²) in [7, 11) is 0. The van der Waals surface area contributed by atoms with Crippen LogP contribution in [0.5, 0.6) is 0 Å². The van der Waals surface area contributed by atoms with Gasteiger partial charge < -0.3 is 15.4 Å². The van der Waals surface area contributed by atoms with Crippen LogP contribution in [-0.4, -0.2) is 41.6 Å². The maximum atomic E-state index is 12.6. The fourth-order valence-corrected chi connectivity index (χ4v) is 2.33. The number of aromatic nitrogens is 1. The molecule has 2 rings (SSSR count). The minimum Gasteiger partial charge on any atom is -0.384 e. The predicted octanol–water partition coefficient (Wildman–Crippen LogP) is 2.04. The molecular formula is C15H23N3O2. The highest BCUT2D eigenvalue weighted by atomic mass is 16.5. The van der Waals surface area contributed by atoms with Crippen molar-refractivity contribution < 1.29 is 9.53 Å². The number of nitrogens with two attached hydrogens (primary N) is 1. The Morgan fingerprint density at radius 2 is 2.30 bits per heavy atom. The van der Waals surface area contributed by atoms with Gasteiger partial charge in [0.2, 0.25) is 0 Å². The summed E-state index contributed by atoms with van der Waals surface area (Å²) in [6, 6.07) is 3.50. The molecule has 0 aromatic carbocycles. The van der Waals surface area contributed by atoms with Crippen LogP contribution in [0.2, 0.25) is 0 Å². The number of anilines is 1. The number of morpholine rings is 1. The first-order chi connectivity index (χ1) is 9.51. The van der Waals surface area contributed by atoms with Gasteiger partial charge in [0.05, 0.1) is 12.7 Å². The molecule has 1 aromatic rings. The number of carbonyl (C=O) groups is 1. The first-order valence-corrected chi connectivity index (χ1v) is 7.19. The number of ether oxygens (including phenoxy) is 1. The number of nitrogens with zero attached hydrogens (tertiary/aromatic N) is 2. The molecule has 1 aromatic heterocycles. The van der Waals surface area contributed by atoms with Crippen molar-refractivity contribution in [2.24, 2.45) is 0 Å². The molecule has 0 spiro atoms. The van der Waals surface area contributed by atoms with E-state index in [4.69, 9.17) is 10.5 Å². The number of rotatable bonds is 3. The maximum Gasteiger partial charge on any atom is 0.254 e. The molecule has 5 heteroatoms. The Morgan fingerprint density at radius 3 is 2.95 bits per heavy atom. The highest BCUT2D eigenvalue weighted by Gasteiger charge is 2.24. The topological polar surface area (TPSA) is 68.5 Å². The van der Waals surface area contributed by atoms with Gasteiger partial charge >= 0.3 is 0 Å². The molecule has 1 unspecified atom stereocenters. The summed E-state index contributed by atoms with van der Waals surface area (Å²) in [6.45, 7) is 8.03. The van der Waals surface area contributed by atoms with Gasteiger partial charge in [0.15, 0.2) is 0 Å². The van der Waals surface area contributed by atoms with Gasteiger partial charge in [-0.2, -0.15) is 0 Å². The average Bonchev–Trinajstić information content (AvgIpc) is 2.45. The number of hydrogen-bond acceptors (Lipinski definition) is 4. The van der Waals surface area contributed by atoms with E-state index in [2.05, 4.69) is 11.9 Å². The lowest BCUT2D eigenvalue weighted by molar-refractivity contribution is -0.0226. The second-order valence-corrected chi connectivity index (χ2v) is 5.51. The Balaban J connectivity index is 2.20. The third-order valence-electron chi connectivity index (χ3n) is 3.58. The summed E-state index contributed by atoms with van der Waals surface area (Å²) in [5, 5.41) is 0. The first-order valence-electron chi connectivity index (χ1n) is 7.19. The van der Waals surface area contributed by atoms with Gasteiger partial charge in [-0.05, 0) is 24.5 Å². The van der Waals surface area contributed by atoms with Crippen molar-refractivity contribution in [3.8, 4) is 0 Å². The molecule has 1 amide bonds. The number of nitrogen functional groups attached to an aromatic ring is 1. The van der Waals surface area contributed by atoms with Gasteiger partial charge in [-0.3, -0.25) is 4.79 Å². The van der Waals surface area contributed by atoms with Gasteiger partial charge in [-0.15, -0.1) is 0 Å². The molecule has 1 fully saturated rings. The highest BCUT2D eigenvalue weighted by molar-refractivity contribution is 5.95. The number of pyridine rings is 1. The average molecular weight is 277 g/mol. The first kappa shape index (κ1) is 14.8. The van der Waals surface area contributed by atoms with Crippen molar-refractivity contribution in [1.82, 2.24) is 9.88 Å². The fraction of sp³-hybridized carbons (Fsp3) is 0.600. The standard InChI is InChI=1S/C15H23N3O2/c1-4-12-9-18(5-6-20-12)15(19)11-7-13(10(2)3)17-14(16)8-11/h7-8,10,12H,4-6,9H2,1-3H3,(H2,16,17). The highest BCUT2D eigenvalue weighted by Crippen LogP contribution is 2.19. The van der Waals surface area contributed by atoms with E-state index in [1.54, 1.807) is 6.07 Å². The summed E-state index contributed by atoms with van der Waals surface area (Å²) in [5.41, 5.74) is 7.29. The quantitative estimate of drug-likeness (QED) is 0.918. The van der Waals surface area contributed by atoms with Crippen LogP contribution in [0.15, 0.2) is 12.1 Å². The lowest BCUT2D eigenvalue weighted by atomic mass is 10.1. The van der Waals surface area contributed by atoms with Crippen molar-refractivity contribution in [3.63, 3.8) is 0 Å². The zero-order valence-corrected chi connectivity index (χ0v) is 12.4. The van der Waals surface area contributed by atoms with Gasteiger partial charge in [0.1, 0.15) is 5.82 Å².